The van der Waals surface area contributed by atoms with E-state index in [0.29, 0.717) is 67.3 Å². The Morgan fingerprint density at radius 3 is 2.85 bits per heavy atom. The van der Waals surface area contributed by atoms with Crippen molar-refractivity contribution in [1.82, 2.24) is 14.9 Å². The summed E-state index contributed by atoms with van der Waals surface area (Å²) < 4.78 is 5.72. The summed E-state index contributed by atoms with van der Waals surface area (Å²) in [6.45, 7) is 0.409. The van der Waals surface area contributed by atoms with Crippen molar-refractivity contribution < 1.29 is 19.1 Å². The molecule has 3 amide bonds. The Bertz CT molecular complexity index is 1360. The molecule has 1 aliphatic rings. The normalized spacial score (nSPS) is 16.0. The zero-order chi connectivity index (χ0) is 28.6. The monoisotopic (exact) mass is 566 g/mol. The van der Waals surface area contributed by atoms with Crippen molar-refractivity contribution in [3.8, 4) is 11.3 Å². The molecular formula is C29H35ClN6O4. The molecule has 0 spiro atoms. The van der Waals surface area contributed by atoms with Gasteiger partial charge in [0, 0.05) is 61.7 Å². The first-order chi connectivity index (χ1) is 19.3. The van der Waals surface area contributed by atoms with Crippen LogP contribution in [0.5, 0.6) is 0 Å². The van der Waals surface area contributed by atoms with Crippen molar-refractivity contribution in [2.75, 3.05) is 43.7 Å². The van der Waals surface area contributed by atoms with Crippen molar-refractivity contribution in [1.29, 1.82) is 0 Å². The summed E-state index contributed by atoms with van der Waals surface area (Å²) in [5.74, 6) is -0.0241. The number of rotatable bonds is 9. The second kappa shape index (κ2) is 13.5. The number of amides is 3. The summed E-state index contributed by atoms with van der Waals surface area (Å²) in [6.07, 6.45) is 4.69. The topological polar surface area (TPSA) is 128 Å². The third-order valence-corrected chi connectivity index (χ3v) is 7.44. The number of likely N-dealkylation sites (N-methyl/N-ethyl adjacent to an activating group) is 1. The van der Waals surface area contributed by atoms with Gasteiger partial charge in [-0.1, -0.05) is 18.0 Å². The third kappa shape index (κ3) is 6.81. The standard InChI is InChI=1S/C29H35ClN6O4/c1-31-19-9-10-20-24(15-19)34-27(38)7-5-4-6-21(28-32-16-25(20)35-28)29(39)36(2)13-12-26(40-3)22-14-18(30)8-11-23(22)33-17-37/h8-11,14-17,21,26,31H,4-7,12-13H2,1-3H3,(H,32,35)(H,33,37)(H,34,38). The SMILES string of the molecule is CNc1ccc2c(c1)NC(=O)CCCCC(C(=O)N(C)CCC(OC)c1cc(Cl)ccc1NC=O)c1ncc-2[nH]1. The van der Waals surface area contributed by atoms with Crippen LogP contribution in [0.25, 0.3) is 11.3 Å². The highest BCUT2D eigenvalue weighted by atomic mass is 35.5. The number of methoxy groups -OCH3 is 1. The Kier molecular flexibility index (Phi) is 9.79. The van der Waals surface area contributed by atoms with E-state index in [1.54, 1.807) is 43.5 Å². The summed E-state index contributed by atoms with van der Waals surface area (Å²) in [6, 6.07) is 10.9. The number of imidazole rings is 1. The number of nitrogens with one attached hydrogen (secondary N) is 4. The highest BCUT2D eigenvalue weighted by Gasteiger charge is 2.28. The first-order valence-electron chi connectivity index (χ1n) is 13.3. The van der Waals surface area contributed by atoms with Gasteiger partial charge in [0.2, 0.25) is 18.2 Å². The number of benzene rings is 2. The molecule has 2 bridgehead atoms. The lowest BCUT2D eigenvalue weighted by Gasteiger charge is -2.26. The van der Waals surface area contributed by atoms with Crippen molar-refractivity contribution in [3.05, 3.63) is 59.0 Å². The number of aromatic amines is 1. The van der Waals surface area contributed by atoms with Crippen LogP contribution in [0.3, 0.4) is 0 Å². The highest BCUT2D eigenvalue weighted by Crippen LogP contribution is 2.34. The fourth-order valence-corrected chi connectivity index (χ4v) is 5.18. The molecule has 40 heavy (non-hydrogen) atoms. The van der Waals surface area contributed by atoms with Gasteiger partial charge in [0.25, 0.3) is 0 Å². The van der Waals surface area contributed by atoms with Crippen LogP contribution in [0.4, 0.5) is 17.1 Å². The van der Waals surface area contributed by atoms with E-state index in [0.717, 1.165) is 22.5 Å². The number of fused-ring (bicyclic) bond motifs is 4. The summed E-state index contributed by atoms with van der Waals surface area (Å²) in [4.78, 5) is 47.1. The number of carbonyl (C=O) groups is 3. The van der Waals surface area contributed by atoms with Gasteiger partial charge in [-0.2, -0.15) is 0 Å². The molecule has 1 aromatic heterocycles. The fourth-order valence-electron chi connectivity index (χ4n) is 4.99. The Balaban J connectivity index is 1.55. The number of hydrogen-bond acceptors (Lipinski definition) is 6. The number of H-pyrrole nitrogens is 1. The van der Waals surface area contributed by atoms with Crippen LogP contribution in [0.15, 0.2) is 42.6 Å². The van der Waals surface area contributed by atoms with E-state index in [4.69, 9.17) is 16.3 Å². The van der Waals surface area contributed by atoms with E-state index in [-0.39, 0.29) is 17.9 Å². The number of halogens is 1. The van der Waals surface area contributed by atoms with Crippen molar-refractivity contribution >= 4 is 46.9 Å². The lowest BCUT2D eigenvalue weighted by molar-refractivity contribution is -0.132. The first kappa shape index (κ1) is 29.1. The van der Waals surface area contributed by atoms with Crippen LogP contribution in [-0.2, 0) is 19.1 Å². The lowest BCUT2D eigenvalue weighted by Crippen LogP contribution is -2.34. The molecule has 0 saturated heterocycles. The minimum atomic E-state index is -0.485. The van der Waals surface area contributed by atoms with E-state index in [1.165, 1.54) is 0 Å². The number of aromatic nitrogens is 2. The molecule has 0 radical (unpaired) electrons. The molecule has 11 heteroatoms. The van der Waals surface area contributed by atoms with Crippen LogP contribution >= 0.6 is 11.6 Å². The number of nitrogens with zero attached hydrogens (tertiary/aromatic N) is 2. The van der Waals surface area contributed by atoms with Gasteiger partial charge in [0.05, 0.1) is 29.6 Å². The summed E-state index contributed by atoms with van der Waals surface area (Å²) in [5.41, 5.74) is 4.43. The number of hydrogen-bond donors (Lipinski definition) is 4. The van der Waals surface area contributed by atoms with Gasteiger partial charge in [-0.05, 0) is 55.7 Å². The Labute approximate surface area is 238 Å². The van der Waals surface area contributed by atoms with Crippen LogP contribution in [0.2, 0.25) is 5.02 Å². The molecule has 10 nitrogen and oxygen atoms in total. The molecule has 4 N–H and O–H groups in total. The van der Waals surface area contributed by atoms with Gasteiger partial charge in [0.15, 0.2) is 0 Å². The molecule has 0 fully saturated rings. The first-order valence-corrected chi connectivity index (χ1v) is 13.7. The number of anilines is 3. The molecule has 0 saturated carbocycles. The predicted octanol–water partition coefficient (Wildman–Crippen LogP) is 5.17. The zero-order valence-corrected chi connectivity index (χ0v) is 23.7. The molecule has 2 unspecified atom stereocenters. The maximum atomic E-state index is 13.7. The molecule has 212 valence electrons. The molecular weight excluding hydrogens is 532 g/mol. The Hall–Kier alpha value is -3.89. The molecule has 4 rings (SSSR count). The average molecular weight is 567 g/mol. The molecule has 3 aromatic rings. The molecule has 0 aliphatic carbocycles. The Morgan fingerprint density at radius 1 is 1.27 bits per heavy atom. The predicted molar refractivity (Wildman–Crippen MR) is 157 cm³/mol. The zero-order valence-electron chi connectivity index (χ0n) is 22.9. The van der Waals surface area contributed by atoms with E-state index in [2.05, 4.69) is 25.9 Å². The Morgan fingerprint density at radius 2 is 2.10 bits per heavy atom. The smallest absolute Gasteiger partial charge is 0.233 e. The number of carbonyl (C=O) groups excluding carboxylic acids is 3. The van der Waals surface area contributed by atoms with Gasteiger partial charge in [-0.25, -0.2) is 4.98 Å². The van der Waals surface area contributed by atoms with Crippen molar-refractivity contribution in [2.45, 2.75) is 44.1 Å². The minimum absolute atomic E-state index is 0.0649. The van der Waals surface area contributed by atoms with E-state index in [9.17, 15) is 14.4 Å². The van der Waals surface area contributed by atoms with Gasteiger partial charge >= 0.3 is 0 Å². The van der Waals surface area contributed by atoms with Crippen LogP contribution in [-0.4, -0.2) is 60.8 Å². The van der Waals surface area contributed by atoms with Crippen molar-refractivity contribution in [3.63, 3.8) is 0 Å². The van der Waals surface area contributed by atoms with Gasteiger partial charge in [-0.3, -0.25) is 14.4 Å². The van der Waals surface area contributed by atoms with Crippen molar-refractivity contribution in [2.24, 2.45) is 0 Å². The maximum Gasteiger partial charge on any atom is 0.233 e. The van der Waals surface area contributed by atoms with Crippen LogP contribution in [0, 0.1) is 0 Å². The quantitative estimate of drug-likeness (QED) is 0.264. The summed E-state index contributed by atoms with van der Waals surface area (Å²) >= 11 is 6.21. The van der Waals surface area contributed by atoms with Crippen LogP contribution in [0.1, 0.15) is 55.5 Å². The maximum absolute atomic E-state index is 13.7. The van der Waals surface area contributed by atoms with E-state index in [1.807, 2.05) is 25.2 Å². The van der Waals surface area contributed by atoms with E-state index >= 15 is 0 Å². The molecule has 1 aliphatic heterocycles. The van der Waals surface area contributed by atoms with Gasteiger partial charge in [-0.15, -0.1) is 0 Å². The minimum Gasteiger partial charge on any atom is -0.388 e. The number of ether oxygens (including phenoxy) is 1. The van der Waals surface area contributed by atoms with E-state index < -0.39 is 5.92 Å². The molecule has 2 aromatic carbocycles. The lowest BCUT2D eigenvalue weighted by atomic mass is 9.97. The summed E-state index contributed by atoms with van der Waals surface area (Å²) in [7, 11) is 5.17. The largest absolute Gasteiger partial charge is 0.388 e. The summed E-state index contributed by atoms with van der Waals surface area (Å²) in [5, 5.41) is 9.33. The highest BCUT2D eigenvalue weighted by molar-refractivity contribution is 6.30. The second-order valence-electron chi connectivity index (χ2n) is 9.81. The van der Waals surface area contributed by atoms with Crippen LogP contribution < -0.4 is 16.0 Å². The molecule has 2 heterocycles. The fraction of sp³-hybridized carbons (Fsp3) is 0.379. The molecule has 2 atom stereocenters. The van der Waals surface area contributed by atoms with Gasteiger partial charge < -0.3 is 30.6 Å². The second-order valence-corrected chi connectivity index (χ2v) is 10.2. The average Bonchev–Trinajstić information content (AvgIpc) is 3.43. The third-order valence-electron chi connectivity index (χ3n) is 7.21. The van der Waals surface area contributed by atoms with Gasteiger partial charge in [0.1, 0.15) is 5.82 Å².